The van der Waals surface area contributed by atoms with Crippen molar-refractivity contribution >= 4 is 39.2 Å². The number of rotatable bonds is 18. The van der Waals surface area contributed by atoms with Gasteiger partial charge in [0, 0.05) is 52.8 Å². The van der Waals surface area contributed by atoms with Crippen molar-refractivity contribution in [3.05, 3.63) is 183 Å². The molecule has 0 fully saturated rings. The molecule has 0 bridgehead atoms. The Kier molecular flexibility index (Phi) is 19.2. The second-order valence-corrected chi connectivity index (χ2v) is 25.3. The minimum Gasteiger partial charge on any atom is -0.461 e. The second kappa shape index (κ2) is 24.3. The highest BCUT2D eigenvalue weighted by Crippen LogP contribution is 2.50. The monoisotopic (exact) mass is 1010 g/mol. The number of fused-ring (bicyclic) bond motifs is 5. The van der Waals surface area contributed by atoms with Crippen molar-refractivity contribution in [2.75, 3.05) is 18.0 Å². The van der Waals surface area contributed by atoms with Crippen LogP contribution in [0.25, 0.3) is 10.1 Å². The van der Waals surface area contributed by atoms with E-state index in [1.54, 1.807) is 0 Å². The molecule has 0 saturated heterocycles. The summed E-state index contributed by atoms with van der Waals surface area (Å²) >= 11 is 1.93. The van der Waals surface area contributed by atoms with Crippen LogP contribution in [0.3, 0.4) is 0 Å². The summed E-state index contributed by atoms with van der Waals surface area (Å²) in [7, 11) is 2.44. The number of hydrogen-bond acceptors (Lipinski definition) is 4. The number of anilines is 1. The molecule has 0 spiro atoms. The van der Waals surface area contributed by atoms with Crippen LogP contribution in [-0.4, -0.2) is 25.3 Å². The lowest BCUT2D eigenvalue weighted by atomic mass is 9.63. The van der Waals surface area contributed by atoms with Crippen LogP contribution >= 0.6 is 11.3 Å². The molecule has 6 rings (SSSR count). The van der Waals surface area contributed by atoms with Crippen LogP contribution in [-0.2, 0) is 10.8 Å². The Morgan fingerprint density at radius 3 is 2.27 bits per heavy atom. The lowest BCUT2D eigenvalue weighted by Crippen LogP contribution is -2.33. The van der Waals surface area contributed by atoms with Crippen LogP contribution < -0.4 is 14.4 Å². The van der Waals surface area contributed by atoms with Crippen LogP contribution in [0, 0.1) is 17.3 Å². The Morgan fingerprint density at radius 2 is 1.66 bits per heavy atom. The van der Waals surface area contributed by atoms with Gasteiger partial charge in [0.15, 0.2) is 7.28 Å². The van der Waals surface area contributed by atoms with Crippen molar-refractivity contribution in [3.8, 4) is 5.75 Å². The van der Waals surface area contributed by atoms with Gasteiger partial charge in [0.25, 0.3) is 0 Å². The number of ether oxygens (including phenoxy) is 1. The quantitative estimate of drug-likeness (QED) is 0.0933. The molecule has 3 nitrogen and oxygen atoms in total. The molecule has 2 atom stereocenters. The average molecular weight is 1010 g/mol. The molecule has 2 aliphatic heterocycles. The summed E-state index contributed by atoms with van der Waals surface area (Å²) in [6, 6.07) is 11.9. The maximum atomic E-state index is 6.53. The SMILES string of the molecule is C=C/C=C1\C=C\N(CC(=C\C(CC)=C(/C)C(C)CC)/C(C)=C/C=C\C)/C(CC2C(=C)Oc3ccc(C(C)C)cc32)=C\[B]c2sc3cc4c(cc3c2N1C/C=C\C(=C(/C)C(C)(C)CC)C(C)C)C(C)(C)CCC4(C)C. The predicted octanol–water partition coefficient (Wildman–Crippen LogP) is 19.5. The maximum Gasteiger partial charge on any atom is 0.200 e. The van der Waals surface area contributed by atoms with E-state index in [1.807, 2.05) is 17.4 Å². The van der Waals surface area contributed by atoms with Gasteiger partial charge in [-0.1, -0.05) is 182 Å². The van der Waals surface area contributed by atoms with E-state index in [4.69, 9.17) is 4.74 Å². The van der Waals surface area contributed by atoms with Gasteiger partial charge in [-0.25, -0.2) is 0 Å². The van der Waals surface area contributed by atoms with E-state index in [-0.39, 0.29) is 22.2 Å². The highest BCUT2D eigenvalue weighted by Gasteiger charge is 2.39. The predicted molar refractivity (Wildman–Crippen MR) is 330 cm³/mol. The third kappa shape index (κ3) is 12.8. The lowest BCUT2D eigenvalue weighted by molar-refractivity contribution is 0.332. The van der Waals surface area contributed by atoms with Crippen molar-refractivity contribution in [1.29, 1.82) is 0 Å². The summed E-state index contributed by atoms with van der Waals surface area (Å²) in [5, 5.41) is 1.32. The number of benzene rings is 2. The summed E-state index contributed by atoms with van der Waals surface area (Å²) < 4.78 is 9.12. The number of hydrogen-bond donors (Lipinski definition) is 0. The van der Waals surface area contributed by atoms with E-state index in [0.717, 1.165) is 49.3 Å². The van der Waals surface area contributed by atoms with Crippen LogP contribution in [0.5, 0.6) is 5.75 Å². The first-order valence-electron chi connectivity index (χ1n) is 28.2. The average Bonchev–Trinajstić information content (AvgIpc) is 3.88. The summed E-state index contributed by atoms with van der Waals surface area (Å²) in [6.07, 6.45) is 29.1. The number of allylic oxidation sites excluding steroid dienone is 14. The Bertz CT molecular complexity index is 2850. The second-order valence-electron chi connectivity index (χ2n) is 24.3. The molecule has 0 saturated carbocycles. The highest BCUT2D eigenvalue weighted by molar-refractivity contribution is 7.28. The minimum atomic E-state index is -0.0136. The van der Waals surface area contributed by atoms with Gasteiger partial charge >= 0.3 is 0 Å². The third-order valence-corrected chi connectivity index (χ3v) is 18.5. The van der Waals surface area contributed by atoms with Gasteiger partial charge in [0.1, 0.15) is 11.5 Å². The molecule has 1 radical (unpaired) electrons. The van der Waals surface area contributed by atoms with Crippen molar-refractivity contribution in [1.82, 2.24) is 4.90 Å². The Hall–Kier alpha value is -5.00. The Labute approximate surface area is 456 Å². The normalized spacial score (nSPS) is 21.1. The standard InChI is InChI=1S/C69H94BN2OS/c1-21-26-29-48(11)54(38-52(24-4)49(12)47(10)23-3)44-71-37-33-55(28-22-2)72(36-27-30-57(46(8)9)50(13)67(15,16)25-5)65-60-41-61-62(69(19,20)35-34-68(61,17)18)42-64(60)74-66(65)70-43-56(71)40-58-51(14)73-63-32-31-53(45(6)7)39-59(58)63/h21-22,26-33,37-39,41-43,45-47,58H,2,14,23-25,34-36,40,44H2,1,3-13,15-20H3/b26-21-,30-27-,37-33+,48-29+,52-49+,54-38+,55-28+,56-43-,57-50-. The molecule has 395 valence electrons. The van der Waals surface area contributed by atoms with E-state index < -0.39 is 0 Å². The molecule has 2 aromatic carbocycles. The summed E-state index contributed by atoms with van der Waals surface area (Å²) in [5.41, 5.74) is 17.7. The van der Waals surface area contributed by atoms with Gasteiger partial charge in [-0.2, -0.15) is 0 Å². The topological polar surface area (TPSA) is 15.7 Å². The molecular formula is C69H94BN2OS. The molecule has 5 heteroatoms. The maximum absolute atomic E-state index is 6.53. The first-order chi connectivity index (χ1) is 34.9. The summed E-state index contributed by atoms with van der Waals surface area (Å²) in [6.45, 7) is 52.5. The van der Waals surface area contributed by atoms with Gasteiger partial charge in [0.2, 0.25) is 0 Å². The molecule has 74 heavy (non-hydrogen) atoms. The molecule has 0 amide bonds. The van der Waals surface area contributed by atoms with Crippen molar-refractivity contribution in [2.45, 2.75) is 186 Å². The zero-order valence-electron chi connectivity index (χ0n) is 49.4. The van der Waals surface area contributed by atoms with Gasteiger partial charge in [-0.15, -0.1) is 11.3 Å². The highest BCUT2D eigenvalue weighted by atomic mass is 32.1. The van der Waals surface area contributed by atoms with Gasteiger partial charge in [0.05, 0.1) is 11.6 Å². The molecular weight excluding hydrogens is 916 g/mol. The fraction of sp³-hybridized carbons (Fsp3) is 0.478. The van der Waals surface area contributed by atoms with Crippen molar-refractivity contribution in [3.63, 3.8) is 0 Å². The fourth-order valence-corrected chi connectivity index (χ4v) is 12.2. The van der Waals surface area contributed by atoms with Crippen LogP contribution in [0.15, 0.2) is 161 Å². The van der Waals surface area contributed by atoms with E-state index in [2.05, 4.69) is 246 Å². The largest absolute Gasteiger partial charge is 0.461 e. The number of thiophene rings is 1. The van der Waals surface area contributed by atoms with E-state index >= 15 is 0 Å². The molecule has 3 heterocycles. The first-order valence-corrected chi connectivity index (χ1v) is 29.0. The number of nitrogens with zero attached hydrogens (tertiary/aromatic N) is 2. The fourth-order valence-electron chi connectivity index (χ4n) is 11.1. The molecule has 1 aromatic heterocycles. The first kappa shape index (κ1) is 58.3. The van der Waals surface area contributed by atoms with Crippen LogP contribution in [0.2, 0.25) is 0 Å². The lowest BCUT2D eigenvalue weighted by Gasteiger charge is -2.42. The van der Waals surface area contributed by atoms with E-state index in [1.165, 1.54) is 88.4 Å². The Morgan fingerprint density at radius 1 is 0.973 bits per heavy atom. The van der Waals surface area contributed by atoms with E-state index in [9.17, 15) is 0 Å². The smallest absolute Gasteiger partial charge is 0.200 e. The Balaban J connectivity index is 1.67. The van der Waals surface area contributed by atoms with Crippen molar-refractivity contribution in [2.24, 2.45) is 17.3 Å². The molecule has 2 unspecified atom stereocenters. The minimum absolute atomic E-state index is 0.0136. The zero-order valence-corrected chi connectivity index (χ0v) is 50.2. The molecule has 1 aliphatic carbocycles. The van der Waals surface area contributed by atoms with E-state index in [0.29, 0.717) is 30.8 Å². The van der Waals surface area contributed by atoms with Gasteiger partial charge in [-0.3, -0.25) is 0 Å². The summed E-state index contributed by atoms with van der Waals surface area (Å²) in [4.78, 5) is 5.08. The molecule has 3 aliphatic rings. The zero-order chi connectivity index (χ0) is 54.4. The van der Waals surface area contributed by atoms with Gasteiger partial charge < -0.3 is 14.5 Å². The molecule has 3 aromatic rings. The van der Waals surface area contributed by atoms with Crippen LogP contribution in [0.4, 0.5) is 5.69 Å². The molecule has 0 N–H and O–H groups in total. The summed E-state index contributed by atoms with van der Waals surface area (Å²) in [5.74, 6) is 5.44. The van der Waals surface area contributed by atoms with Crippen molar-refractivity contribution < 1.29 is 4.74 Å². The van der Waals surface area contributed by atoms with Gasteiger partial charge in [-0.05, 0) is 168 Å². The third-order valence-electron chi connectivity index (χ3n) is 17.4. The van der Waals surface area contributed by atoms with Crippen LogP contribution in [0.1, 0.15) is 197 Å².